The van der Waals surface area contributed by atoms with Crippen LogP contribution < -0.4 is 11.0 Å². The van der Waals surface area contributed by atoms with Crippen molar-refractivity contribution in [2.24, 2.45) is 0 Å². The molecule has 5 rings (SSSR count). The zero-order chi connectivity index (χ0) is 20.5. The predicted octanol–water partition coefficient (Wildman–Crippen LogP) is 4.66. The summed E-state index contributed by atoms with van der Waals surface area (Å²) in [6, 6.07) is 23.6. The summed E-state index contributed by atoms with van der Waals surface area (Å²) in [5, 5.41) is 1.04. The quantitative estimate of drug-likeness (QED) is 0.448. The number of rotatable bonds is 3. The van der Waals surface area contributed by atoms with E-state index in [2.05, 4.69) is 4.98 Å². The molecule has 0 aliphatic carbocycles. The molecule has 0 saturated heterocycles. The van der Waals surface area contributed by atoms with E-state index in [1.165, 1.54) is 6.26 Å². The number of hydrogen-bond acceptors (Lipinski definition) is 4. The summed E-state index contributed by atoms with van der Waals surface area (Å²) in [6.45, 7) is 0. The van der Waals surface area contributed by atoms with Crippen molar-refractivity contribution < 1.29 is 4.42 Å². The van der Waals surface area contributed by atoms with Crippen molar-refractivity contribution in [2.75, 3.05) is 0 Å². The van der Waals surface area contributed by atoms with Gasteiger partial charge in [0, 0.05) is 0 Å². The molecule has 30 heavy (non-hydrogen) atoms. The minimum absolute atomic E-state index is 0.137. The number of aromatic nitrogens is 2. The standard InChI is InChI=1S/C25H16N2O3/c28-24-17(16-30-22-13-7-5-11-20(22)24)14-15-23-26-21-12-6-4-10-19(21)25(29)27(23)18-8-2-1-3-9-18/h1-16H/b15-14-. The zero-order valence-electron chi connectivity index (χ0n) is 15.9. The summed E-state index contributed by atoms with van der Waals surface area (Å²) in [5.41, 5.74) is 1.91. The Balaban J connectivity index is 1.72. The number of benzene rings is 3. The third kappa shape index (κ3) is 3.02. The lowest BCUT2D eigenvalue weighted by Gasteiger charge is -2.11. The van der Waals surface area contributed by atoms with Crippen LogP contribution in [0, 0.1) is 0 Å². The number of nitrogens with zero attached hydrogens (tertiary/aromatic N) is 2. The second kappa shape index (κ2) is 7.29. The van der Waals surface area contributed by atoms with Crippen molar-refractivity contribution in [3.8, 4) is 5.69 Å². The molecule has 2 heterocycles. The lowest BCUT2D eigenvalue weighted by molar-refractivity contribution is 0.601. The summed E-state index contributed by atoms with van der Waals surface area (Å²) in [5.74, 6) is 0.428. The van der Waals surface area contributed by atoms with Crippen LogP contribution in [0.1, 0.15) is 11.4 Å². The van der Waals surface area contributed by atoms with E-state index in [1.807, 2.05) is 48.5 Å². The van der Waals surface area contributed by atoms with Crippen LogP contribution in [-0.2, 0) is 0 Å². The highest BCUT2D eigenvalue weighted by atomic mass is 16.3. The molecule has 0 radical (unpaired) electrons. The van der Waals surface area contributed by atoms with Crippen LogP contribution in [0.25, 0.3) is 39.7 Å². The van der Waals surface area contributed by atoms with Gasteiger partial charge in [0.25, 0.3) is 5.56 Å². The van der Waals surface area contributed by atoms with Gasteiger partial charge in [0.1, 0.15) is 17.7 Å². The van der Waals surface area contributed by atoms with Gasteiger partial charge in [-0.05, 0) is 48.6 Å². The van der Waals surface area contributed by atoms with Crippen LogP contribution in [0.2, 0.25) is 0 Å². The smallest absolute Gasteiger partial charge is 0.266 e. The van der Waals surface area contributed by atoms with Crippen LogP contribution >= 0.6 is 0 Å². The Labute approximate surface area is 171 Å². The number of fused-ring (bicyclic) bond motifs is 2. The molecule has 0 spiro atoms. The van der Waals surface area contributed by atoms with Crippen molar-refractivity contribution in [3.05, 3.63) is 117 Å². The Bertz CT molecular complexity index is 1530. The summed E-state index contributed by atoms with van der Waals surface area (Å²) < 4.78 is 7.12. The Morgan fingerprint density at radius 1 is 0.767 bits per heavy atom. The lowest BCUT2D eigenvalue weighted by atomic mass is 10.1. The van der Waals surface area contributed by atoms with E-state index in [0.717, 1.165) is 0 Å². The summed E-state index contributed by atoms with van der Waals surface area (Å²) in [4.78, 5) is 30.7. The summed E-state index contributed by atoms with van der Waals surface area (Å²) >= 11 is 0. The molecule has 5 nitrogen and oxygen atoms in total. The third-order valence-corrected chi connectivity index (χ3v) is 4.93. The molecule has 0 aliphatic rings. The first-order valence-corrected chi connectivity index (χ1v) is 9.48. The van der Waals surface area contributed by atoms with Crippen LogP contribution in [0.3, 0.4) is 0 Å². The molecule has 0 aliphatic heterocycles. The highest BCUT2D eigenvalue weighted by Crippen LogP contribution is 2.16. The van der Waals surface area contributed by atoms with Crippen molar-refractivity contribution in [1.82, 2.24) is 9.55 Å². The van der Waals surface area contributed by atoms with Gasteiger partial charge in [0.05, 0.1) is 27.5 Å². The largest absolute Gasteiger partial charge is 0.463 e. The molecule has 0 saturated carbocycles. The highest BCUT2D eigenvalue weighted by molar-refractivity contribution is 5.82. The fraction of sp³-hybridized carbons (Fsp3) is 0. The van der Waals surface area contributed by atoms with Crippen molar-refractivity contribution in [3.63, 3.8) is 0 Å². The van der Waals surface area contributed by atoms with E-state index >= 15 is 0 Å². The first kappa shape index (κ1) is 17.8. The van der Waals surface area contributed by atoms with Gasteiger partial charge < -0.3 is 4.42 Å². The highest BCUT2D eigenvalue weighted by Gasteiger charge is 2.11. The van der Waals surface area contributed by atoms with Crippen molar-refractivity contribution >= 4 is 34.0 Å². The van der Waals surface area contributed by atoms with Crippen LogP contribution in [0.5, 0.6) is 0 Å². The maximum absolute atomic E-state index is 13.2. The number of para-hydroxylation sites is 3. The molecule has 0 N–H and O–H groups in total. The van der Waals surface area contributed by atoms with Gasteiger partial charge in [-0.1, -0.05) is 42.5 Å². The van der Waals surface area contributed by atoms with Crippen LogP contribution in [-0.4, -0.2) is 9.55 Å². The monoisotopic (exact) mass is 392 g/mol. The zero-order valence-corrected chi connectivity index (χ0v) is 15.9. The van der Waals surface area contributed by atoms with Gasteiger partial charge in [-0.3, -0.25) is 14.2 Å². The summed E-state index contributed by atoms with van der Waals surface area (Å²) in [6.07, 6.45) is 4.73. The molecule has 0 amide bonds. The maximum Gasteiger partial charge on any atom is 0.266 e. The Hall–Kier alpha value is -4.25. The average molecular weight is 392 g/mol. The minimum atomic E-state index is -0.169. The first-order valence-electron chi connectivity index (χ1n) is 9.48. The predicted molar refractivity (Wildman–Crippen MR) is 119 cm³/mol. The molecule has 0 atom stereocenters. The topological polar surface area (TPSA) is 65.1 Å². The van der Waals surface area contributed by atoms with E-state index in [4.69, 9.17) is 4.42 Å². The van der Waals surface area contributed by atoms with E-state index < -0.39 is 0 Å². The molecule has 0 fully saturated rings. The number of hydrogen-bond donors (Lipinski definition) is 0. The van der Waals surface area contributed by atoms with Gasteiger partial charge in [0.15, 0.2) is 5.43 Å². The normalized spacial score (nSPS) is 11.5. The van der Waals surface area contributed by atoms with Gasteiger partial charge in [0.2, 0.25) is 0 Å². The van der Waals surface area contributed by atoms with E-state index in [1.54, 1.807) is 47.1 Å². The van der Waals surface area contributed by atoms with Gasteiger partial charge in [-0.2, -0.15) is 0 Å². The van der Waals surface area contributed by atoms with Crippen molar-refractivity contribution in [1.29, 1.82) is 0 Å². The van der Waals surface area contributed by atoms with Crippen LogP contribution in [0.15, 0.2) is 99.1 Å². The second-order valence-electron chi connectivity index (χ2n) is 6.81. The first-order chi connectivity index (χ1) is 14.7. The second-order valence-corrected chi connectivity index (χ2v) is 6.81. The molecule has 144 valence electrons. The average Bonchev–Trinajstić information content (AvgIpc) is 2.79. The fourth-order valence-corrected chi connectivity index (χ4v) is 3.46. The molecule has 5 heteroatoms. The lowest BCUT2D eigenvalue weighted by Crippen LogP contribution is -2.22. The van der Waals surface area contributed by atoms with E-state index in [0.29, 0.717) is 38.9 Å². The Morgan fingerprint density at radius 3 is 2.30 bits per heavy atom. The van der Waals surface area contributed by atoms with Gasteiger partial charge >= 0.3 is 0 Å². The SMILES string of the molecule is O=c1c(/C=C\c2nc3ccccc3c(=O)n2-c2ccccc2)coc2ccccc12. The molecule has 3 aromatic carbocycles. The molecule has 0 unspecified atom stereocenters. The Morgan fingerprint density at radius 2 is 1.47 bits per heavy atom. The van der Waals surface area contributed by atoms with Crippen LogP contribution in [0.4, 0.5) is 0 Å². The van der Waals surface area contributed by atoms with Gasteiger partial charge in [-0.15, -0.1) is 0 Å². The van der Waals surface area contributed by atoms with Crippen molar-refractivity contribution in [2.45, 2.75) is 0 Å². The third-order valence-electron chi connectivity index (χ3n) is 4.93. The maximum atomic E-state index is 13.2. The molecular formula is C25H16N2O3. The molecule has 5 aromatic rings. The Kier molecular flexibility index (Phi) is 4.33. The summed E-state index contributed by atoms with van der Waals surface area (Å²) in [7, 11) is 0. The fourth-order valence-electron chi connectivity index (χ4n) is 3.46. The molecule has 0 bridgehead atoms. The van der Waals surface area contributed by atoms with E-state index in [-0.39, 0.29) is 11.0 Å². The molecular weight excluding hydrogens is 376 g/mol. The van der Waals surface area contributed by atoms with E-state index in [9.17, 15) is 9.59 Å². The molecule has 2 aromatic heterocycles. The minimum Gasteiger partial charge on any atom is -0.463 e. The van der Waals surface area contributed by atoms with Gasteiger partial charge in [-0.25, -0.2) is 4.98 Å².